The highest BCUT2D eigenvalue weighted by Crippen LogP contribution is 2.24. The van der Waals surface area contributed by atoms with Crippen LogP contribution in [0.5, 0.6) is 0 Å². The molecule has 1 aliphatic rings. The van der Waals surface area contributed by atoms with E-state index in [9.17, 15) is 4.79 Å². The normalized spacial score (nSPS) is 18.4. The van der Waals surface area contributed by atoms with Gasteiger partial charge in [0.25, 0.3) is 0 Å². The maximum Gasteiger partial charge on any atom is 0.222 e. The van der Waals surface area contributed by atoms with Gasteiger partial charge in [-0.3, -0.25) is 4.79 Å². The molecule has 2 heterocycles. The van der Waals surface area contributed by atoms with E-state index in [0.29, 0.717) is 13.2 Å². The first kappa shape index (κ1) is 14.7. The third-order valence-corrected chi connectivity index (χ3v) is 3.56. The van der Waals surface area contributed by atoms with Gasteiger partial charge in [0.1, 0.15) is 5.82 Å². The third-order valence-electron chi connectivity index (χ3n) is 3.56. The summed E-state index contributed by atoms with van der Waals surface area (Å²) in [5.41, 5.74) is 6.51. The van der Waals surface area contributed by atoms with E-state index in [4.69, 9.17) is 10.5 Å². The molecule has 0 aromatic carbocycles. The van der Waals surface area contributed by atoms with Crippen LogP contribution in [0, 0.1) is 5.92 Å². The minimum Gasteiger partial charge on any atom is -0.383 e. The zero-order valence-corrected chi connectivity index (χ0v) is 11.8. The number of nitrogens with one attached hydrogen (secondary N) is 1. The van der Waals surface area contributed by atoms with Crippen molar-refractivity contribution in [3.05, 3.63) is 23.9 Å². The van der Waals surface area contributed by atoms with Crippen LogP contribution in [0.3, 0.4) is 0 Å². The van der Waals surface area contributed by atoms with Crippen molar-refractivity contribution < 1.29 is 9.53 Å². The Morgan fingerprint density at radius 2 is 2.50 bits per heavy atom. The van der Waals surface area contributed by atoms with Crippen molar-refractivity contribution in [2.45, 2.75) is 13.0 Å². The van der Waals surface area contributed by atoms with Gasteiger partial charge >= 0.3 is 0 Å². The number of amides is 1. The molecule has 1 amide bonds. The highest BCUT2D eigenvalue weighted by atomic mass is 16.5. The first-order chi connectivity index (χ1) is 9.72. The summed E-state index contributed by atoms with van der Waals surface area (Å²) in [6, 6.07) is 3.98. The lowest BCUT2D eigenvalue weighted by atomic mass is 10.1. The molecule has 1 aromatic heterocycles. The molecule has 6 nitrogen and oxygen atoms in total. The number of pyridine rings is 1. The minimum atomic E-state index is -0.219. The molecule has 1 aromatic rings. The van der Waals surface area contributed by atoms with Gasteiger partial charge in [-0.2, -0.15) is 0 Å². The molecule has 0 aliphatic carbocycles. The molecule has 0 bridgehead atoms. The first-order valence-electron chi connectivity index (χ1n) is 6.90. The van der Waals surface area contributed by atoms with Gasteiger partial charge in [-0.1, -0.05) is 6.07 Å². The number of ether oxygens (including phenoxy) is 1. The fraction of sp³-hybridized carbons (Fsp3) is 0.571. The van der Waals surface area contributed by atoms with E-state index in [2.05, 4.69) is 21.3 Å². The fourth-order valence-corrected chi connectivity index (χ4v) is 2.44. The number of carbonyl (C=O) groups is 1. The van der Waals surface area contributed by atoms with E-state index in [1.165, 1.54) is 0 Å². The van der Waals surface area contributed by atoms with E-state index < -0.39 is 0 Å². The second-order valence-electron chi connectivity index (χ2n) is 4.99. The van der Waals surface area contributed by atoms with Gasteiger partial charge < -0.3 is 20.7 Å². The molecule has 1 atom stereocenters. The second-order valence-corrected chi connectivity index (χ2v) is 4.99. The van der Waals surface area contributed by atoms with Gasteiger partial charge in [0, 0.05) is 45.0 Å². The number of nitrogens with two attached hydrogens (primary N) is 1. The van der Waals surface area contributed by atoms with Crippen LogP contribution in [0.1, 0.15) is 12.0 Å². The molecule has 1 aliphatic heterocycles. The lowest BCUT2D eigenvalue weighted by molar-refractivity contribution is -0.121. The predicted octanol–water partition coefficient (Wildman–Crippen LogP) is 0.129. The van der Waals surface area contributed by atoms with Gasteiger partial charge in [0.2, 0.25) is 5.91 Å². The Morgan fingerprint density at radius 1 is 1.65 bits per heavy atom. The second kappa shape index (κ2) is 7.21. The molecule has 2 rings (SSSR count). The molecule has 6 heteroatoms. The van der Waals surface area contributed by atoms with Crippen molar-refractivity contribution in [1.29, 1.82) is 0 Å². The number of methoxy groups -OCH3 is 1. The van der Waals surface area contributed by atoms with E-state index in [0.717, 1.165) is 37.4 Å². The van der Waals surface area contributed by atoms with Crippen molar-refractivity contribution in [2.75, 3.05) is 38.3 Å². The summed E-state index contributed by atoms with van der Waals surface area (Å²) in [5.74, 6) is 0.663. The number of hydrogen-bond donors (Lipinski definition) is 2. The molecular formula is C14H22N4O2. The standard InChI is InChI=1S/C14H22N4O2/c1-20-8-6-16-9-11-3-2-5-17-14(11)18-7-4-12(10-18)13(15)19/h2-3,5,12,16H,4,6-10H2,1H3,(H2,15,19). The smallest absolute Gasteiger partial charge is 0.222 e. The molecule has 0 spiro atoms. The lowest BCUT2D eigenvalue weighted by Gasteiger charge is -2.20. The molecule has 0 radical (unpaired) electrons. The van der Waals surface area contributed by atoms with Crippen LogP contribution in [0.25, 0.3) is 0 Å². The molecule has 1 saturated heterocycles. The van der Waals surface area contributed by atoms with Crippen LogP contribution in [-0.4, -0.2) is 44.2 Å². The van der Waals surface area contributed by atoms with Crippen molar-refractivity contribution in [1.82, 2.24) is 10.3 Å². The maximum absolute atomic E-state index is 11.3. The summed E-state index contributed by atoms with van der Waals surface area (Å²) in [5, 5.41) is 3.32. The SMILES string of the molecule is COCCNCc1cccnc1N1CCC(C(N)=O)C1. The fourth-order valence-electron chi connectivity index (χ4n) is 2.44. The Labute approximate surface area is 119 Å². The van der Waals surface area contributed by atoms with Gasteiger partial charge in [-0.05, 0) is 12.5 Å². The van der Waals surface area contributed by atoms with Gasteiger partial charge in [0.05, 0.1) is 12.5 Å². The number of primary amides is 1. The first-order valence-corrected chi connectivity index (χ1v) is 6.90. The average Bonchev–Trinajstić information content (AvgIpc) is 2.94. The quantitative estimate of drug-likeness (QED) is 0.693. The molecule has 20 heavy (non-hydrogen) atoms. The molecule has 110 valence electrons. The monoisotopic (exact) mass is 278 g/mol. The van der Waals surface area contributed by atoms with E-state index >= 15 is 0 Å². The Morgan fingerprint density at radius 3 is 3.20 bits per heavy atom. The lowest BCUT2D eigenvalue weighted by Crippen LogP contribution is -2.29. The Kier molecular flexibility index (Phi) is 5.31. The highest BCUT2D eigenvalue weighted by Gasteiger charge is 2.28. The summed E-state index contributed by atoms with van der Waals surface area (Å²) in [6.45, 7) is 3.72. The van der Waals surface area contributed by atoms with Gasteiger partial charge in [-0.15, -0.1) is 0 Å². The summed E-state index contributed by atoms with van der Waals surface area (Å²) in [6.07, 6.45) is 2.59. The minimum absolute atomic E-state index is 0.0636. The topological polar surface area (TPSA) is 80.5 Å². The van der Waals surface area contributed by atoms with Crippen molar-refractivity contribution in [3.8, 4) is 0 Å². The third kappa shape index (κ3) is 3.68. The molecular weight excluding hydrogens is 256 g/mol. The zero-order valence-electron chi connectivity index (χ0n) is 11.8. The Balaban J connectivity index is 1.99. The van der Waals surface area contributed by atoms with Crippen LogP contribution in [0.2, 0.25) is 0 Å². The Hall–Kier alpha value is -1.66. The largest absolute Gasteiger partial charge is 0.383 e. The number of anilines is 1. The van der Waals surface area contributed by atoms with Crippen LogP contribution in [0.15, 0.2) is 18.3 Å². The Bertz CT molecular complexity index is 453. The summed E-state index contributed by atoms with van der Waals surface area (Å²) >= 11 is 0. The summed E-state index contributed by atoms with van der Waals surface area (Å²) in [7, 11) is 1.69. The maximum atomic E-state index is 11.3. The van der Waals surface area contributed by atoms with Crippen molar-refractivity contribution in [2.24, 2.45) is 11.7 Å². The summed E-state index contributed by atoms with van der Waals surface area (Å²) < 4.78 is 5.01. The average molecular weight is 278 g/mol. The van der Waals surface area contributed by atoms with Crippen molar-refractivity contribution in [3.63, 3.8) is 0 Å². The molecule has 1 fully saturated rings. The highest BCUT2D eigenvalue weighted by molar-refractivity contribution is 5.78. The number of carbonyl (C=O) groups excluding carboxylic acids is 1. The number of rotatable bonds is 7. The number of nitrogens with zero attached hydrogens (tertiary/aromatic N) is 2. The van der Waals surface area contributed by atoms with E-state index in [1.54, 1.807) is 13.3 Å². The van der Waals surface area contributed by atoms with E-state index in [-0.39, 0.29) is 11.8 Å². The molecule has 0 saturated carbocycles. The van der Waals surface area contributed by atoms with Crippen LogP contribution >= 0.6 is 0 Å². The summed E-state index contributed by atoms with van der Waals surface area (Å²) in [4.78, 5) is 17.9. The zero-order chi connectivity index (χ0) is 14.4. The van der Waals surface area contributed by atoms with Crippen LogP contribution in [0.4, 0.5) is 5.82 Å². The van der Waals surface area contributed by atoms with E-state index in [1.807, 2.05) is 6.07 Å². The van der Waals surface area contributed by atoms with Crippen LogP contribution in [-0.2, 0) is 16.1 Å². The van der Waals surface area contributed by atoms with Gasteiger partial charge in [0.15, 0.2) is 0 Å². The van der Waals surface area contributed by atoms with Crippen molar-refractivity contribution >= 4 is 11.7 Å². The predicted molar refractivity (Wildman–Crippen MR) is 77.3 cm³/mol. The molecule has 3 N–H and O–H groups in total. The van der Waals surface area contributed by atoms with Gasteiger partial charge in [-0.25, -0.2) is 4.98 Å². The van der Waals surface area contributed by atoms with Crippen LogP contribution < -0.4 is 16.0 Å². The number of hydrogen-bond acceptors (Lipinski definition) is 5. The number of aromatic nitrogens is 1. The molecule has 1 unspecified atom stereocenters.